The zero-order valence-corrected chi connectivity index (χ0v) is 10.1. The number of aliphatic hydroxyl groups is 1. The highest BCUT2D eigenvalue weighted by Crippen LogP contribution is 2.32. The fraction of sp³-hybridized carbons (Fsp3) is 1.00. The summed E-state index contributed by atoms with van der Waals surface area (Å²) in [6, 6.07) is 0.436. The molecule has 0 radical (unpaired) electrons. The van der Waals surface area contributed by atoms with Crippen molar-refractivity contribution in [2.75, 3.05) is 32.7 Å². The molecule has 16 heavy (non-hydrogen) atoms. The summed E-state index contributed by atoms with van der Waals surface area (Å²) < 4.78 is 0. The lowest BCUT2D eigenvalue weighted by Crippen LogP contribution is -2.61. The molecule has 0 aromatic carbocycles. The van der Waals surface area contributed by atoms with Crippen molar-refractivity contribution in [3.63, 3.8) is 0 Å². The van der Waals surface area contributed by atoms with Gasteiger partial charge in [-0.3, -0.25) is 4.90 Å². The van der Waals surface area contributed by atoms with Crippen molar-refractivity contribution < 1.29 is 5.11 Å². The van der Waals surface area contributed by atoms with Crippen LogP contribution in [-0.2, 0) is 0 Å². The normalized spacial score (nSPS) is 44.8. The Kier molecular flexibility index (Phi) is 3.18. The molecule has 4 heterocycles. The zero-order chi connectivity index (χ0) is 11.0. The Morgan fingerprint density at radius 1 is 0.938 bits per heavy atom. The molecule has 0 spiro atoms. The molecule has 0 aromatic rings. The minimum absolute atomic E-state index is 0.0515. The molecular weight excluding hydrogens is 200 g/mol. The second-order valence-electron chi connectivity index (χ2n) is 5.79. The van der Waals surface area contributed by atoms with Crippen molar-refractivity contribution >= 4 is 0 Å². The maximum atomic E-state index is 10.3. The first-order valence-corrected chi connectivity index (χ1v) is 6.99. The number of hydrogen-bond donors (Lipinski definition) is 1. The standard InChI is InChI=1S/C13H24N2O/c16-13-11-4-8-15(9-5-11)12(13)10-14-6-2-1-3-7-14/h11-13,16H,1-10H2. The summed E-state index contributed by atoms with van der Waals surface area (Å²) in [4.78, 5) is 5.09. The van der Waals surface area contributed by atoms with Crippen LogP contribution in [0.2, 0.25) is 0 Å². The molecule has 4 aliphatic heterocycles. The average molecular weight is 224 g/mol. The molecule has 4 aliphatic rings. The Labute approximate surface area is 98.4 Å². The number of piperidine rings is 4. The van der Waals surface area contributed by atoms with Gasteiger partial charge in [0.25, 0.3) is 0 Å². The predicted octanol–water partition coefficient (Wildman–Crippen LogP) is 0.927. The topological polar surface area (TPSA) is 26.7 Å². The van der Waals surface area contributed by atoms with Crippen LogP contribution in [0.15, 0.2) is 0 Å². The molecule has 4 rings (SSSR count). The van der Waals surface area contributed by atoms with Gasteiger partial charge in [0, 0.05) is 12.6 Å². The van der Waals surface area contributed by atoms with Gasteiger partial charge in [0.2, 0.25) is 0 Å². The molecule has 1 N–H and O–H groups in total. The number of rotatable bonds is 2. The number of fused-ring (bicyclic) bond motifs is 3. The minimum atomic E-state index is -0.0515. The number of aliphatic hydroxyl groups excluding tert-OH is 1. The third-order valence-electron chi connectivity index (χ3n) is 4.81. The molecule has 3 nitrogen and oxygen atoms in total. The smallest absolute Gasteiger partial charge is 0.0736 e. The van der Waals surface area contributed by atoms with Gasteiger partial charge in [-0.2, -0.15) is 0 Å². The summed E-state index contributed by atoms with van der Waals surface area (Å²) >= 11 is 0. The summed E-state index contributed by atoms with van der Waals surface area (Å²) in [6.07, 6.45) is 6.49. The molecular formula is C13H24N2O. The number of nitrogens with zero attached hydrogens (tertiary/aromatic N) is 2. The molecule has 0 amide bonds. The highest BCUT2D eigenvalue weighted by Gasteiger charge is 2.41. The van der Waals surface area contributed by atoms with Crippen molar-refractivity contribution in [3.8, 4) is 0 Å². The van der Waals surface area contributed by atoms with Gasteiger partial charge >= 0.3 is 0 Å². The van der Waals surface area contributed by atoms with Crippen LogP contribution < -0.4 is 0 Å². The largest absolute Gasteiger partial charge is 0.391 e. The van der Waals surface area contributed by atoms with Crippen LogP contribution in [0.3, 0.4) is 0 Å². The van der Waals surface area contributed by atoms with Gasteiger partial charge in [0.1, 0.15) is 0 Å². The van der Waals surface area contributed by atoms with Crippen LogP contribution in [0.1, 0.15) is 32.1 Å². The monoisotopic (exact) mass is 224 g/mol. The van der Waals surface area contributed by atoms with Crippen molar-refractivity contribution in [2.45, 2.75) is 44.2 Å². The highest BCUT2D eigenvalue weighted by molar-refractivity contribution is 4.96. The Hall–Kier alpha value is -0.120. The summed E-state index contributed by atoms with van der Waals surface area (Å²) in [5.41, 5.74) is 0. The average Bonchev–Trinajstić information content (AvgIpc) is 2.36. The van der Waals surface area contributed by atoms with E-state index in [2.05, 4.69) is 9.80 Å². The fourth-order valence-electron chi connectivity index (χ4n) is 3.75. The van der Waals surface area contributed by atoms with Crippen molar-refractivity contribution in [1.82, 2.24) is 9.80 Å². The Morgan fingerprint density at radius 2 is 1.62 bits per heavy atom. The molecule has 0 aromatic heterocycles. The van der Waals surface area contributed by atoms with Crippen molar-refractivity contribution in [3.05, 3.63) is 0 Å². The lowest BCUT2D eigenvalue weighted by Gasteiger charge is -2.50. The fourth-order valence-corrected chi connectivity index (χ4v) is 3.75. The molecule has 4 fully saturated rings. The van der Waals surface area contributed by atoms with Gasteiger partial charge in [-0.15, -0.1) is 0 Å². The van der Waals surface area contributed by atoms with E-state index in [0.29, 0.717) is 12.0 Å². The molecule has 0 aliphatic carbocycles. The van der Waals surface area contributed by atoms with E-state index in [1.54, 1.807) is 0 Å². The summed E-state index contributed by atoms with van der Waals surface area (Å²) in [5, 5.41) is 10.3. The van der Waals surface area contributed by atoms with Crippen molar-refractivity contribution in [1.29, 1.82) is 0 Å². The van der Waals surface area contributed by atoms with Gasteiger partial charge in [-0.1, -0.05) is 6.42 Å². The Morgan fingerprint density at radius 3 is 2.25 bits per heavy atom. The minimum Gasteiger partial charge on any atom is -0.391 e. The van der Waals surface area contributed by atoms with Crippen LogP contribution in [-0.4, -0.2) is 59.8 Å². The van der Waals surface area contributed by atoms with Crippen LogP contribution in [0.25, 0.3) is 0 Å². The summed E-state index contributed by atoms with van der Waals surface area (Å²) in [6.45, 7) is 6.06. The molecule has 3 heteroatoms. The van der Waals surface area contributed by atoms with Crippen molar-refractivity contribution in [2.24, 2.45) is 5.92 Å². The van der Waals surface area contributed by atoms with E-state index >= 15 is 0 Å². The first-order chi connectivity index (χ1) is 7.84. The quantitative estimate of drug-likeness (QED) is 0.756. The number of hydrogen-bond acceptors (Lipinski definition) is 3. The second-order valence-corrected chi connectivity index (χ2v) is 5.79. The lowest BCUT2D eigenvalue weighted by atomic mass is 9.80. The first-order valence-electron chi connectivity index (χ1n) is 6.99. The number of likely N-dealkylation sites (tertiary alicyclic amines) is 1. The van der Waals surface area contributed by atoms with E-state index in [0.717, 1.165) is 6.54 Å². The van der Waals surface area contributed by atoms with Gasteiger partial charge in [0.05, 0.1) is 6.10 Å². The van der Waals surface area contributed by atoms with E-state index in [1.807, 2.05) is 0 Å². The molecule has 92 valence electrons. The van der Waals surface area contributed by atoms with Gasteiger partial charge in [0.15, 0.2) is 0 Å². The molecule has 4 saturated heterocycles. The predicted molar refractivity (Wildman–Crippen MR) is 64.4 cm³/mol. The molecule has 0 saturated carbocycles. The van der Waals surface area contributed by atoms with E-state index < -0.39 is 0 Å². The SMILES string of the molecule is OC1C2CCN(CC2)C1CN1CCCCC1. The lowest BCUT2D eigenvalue weighted by molar-refractivity contribution is -0.0826. The Bertz CT molecular complexity index is 230. The maximum Gasteiger partial charge on any atom is 0.0736 e. The van der Waals surface area contributed by atoms with Gasteiger partial charge in [-0.05, 0) is 57.8 Å². The van der Waals surface area contributed by atoms with Crippen LogP contribution >= 0.6 is 0 Å². The third kappa shape index (κ3) is 2.01. The molecule has 2 atom stereocenters. The van der Waals surface area contributed by atoms with E-state index in [1.165, 1.54) is 58.3 Å². The highest BCUT2D eigenvalue weighted by atomic mass is 16.3. The zero-order valence-electron chi connectivity index (χ0n) is 10.1. The molecule has 2 bridgehead atoms. The van der Waals surface area contributed by atoms with Gasteiger partial charge < -0.3 is 10.0 Å². The van der Waals surface area contributed by atoms with Crippen LogP contribution in [0.5, 0.6) is 0 Å². The van der Waals surface area contributed by atoms with Gasteiger partial charge in [-0.25, -0.2) is 0 Å². The summed E-state index contributed by atoms with van der Waals surface area (Å²) in [5.74, 6) is 0.597. The van der Waals surface area contributed by atoms with Crippen LogP contribution in [0, 0.1) is 5.92 Å². The Balaban J connectivity index is 1.60. The first kappa shape index (κ1) is 11.0. The van der Waals surface area contributed by atoms with E-state index in [-0.39, 0.29) is 6.10 Å². The van der Waals surface area contributed by atoms with E-state index in [4.69, 9.17) is 0 Å². The van der Waals surface area contributed by atoms with Crippen LogP contribution in [0.4, 0.5) is 0 Å². The summed E-state index contributed by atoms with van der Waals surface area (Å²) in [7, 11) is 0. The van der Waals surface area contributed by atoms with E-state index in [9.17, 15) is 5.11 Å². The second kappa shape index (κ2) is 4.63. The maximum absolute atomic E-state index is 10.3. The molecule has 2 unspecified atom stereocenters. The third-order valence-corrected chi connectivity index (χ3v) is 4.81.